The van der Waals surface area contributed by atoms with Crippen LogP contribution in [0.1, 0.15) is 27.3 Å². The first-order valence-electron chi connectivity index (χ1n) is 8.02. The maximum absolute atomic E-state index is 12.5. The molecule has 1 heterocycles. The van der Waals surface area contributed by atoms with Crippen molar-refractivity contribution in [2.75, 3.05) is 10.6 Å². The predicted octanol–water partition coefficient (Wildman–Crippen LogP) is 3.52. The summed E-state index contributed by atoms with van der Waals surface area (Å²) in [5.41, 5.74) is 2.81. The summed E-state index contributed by atoms with van der Waals surface area (Å²) < 4.78 is 0. The molecule has 7 heteroatoms. The molecule has 0 atom stereocenters. The van der Waals surface area contributed by atoms with Crippen molar-refractivity contribution in [1.29, 1.82) is 10.5 Å². The summed E-state index contributed by atoms with van der Waals surface area (Å²) in [6.07, 6.45) is 0. The van der Waals surface area contributed by atoms with Gasteiger partial charge in [-0.3, -0.25) is 4.79 Å². The molecule has 1 amide bonds. The Morgan fingerprint density at radius 1 is 1.00 bits per heavy atom. The van der Waals surface area contributed by atoms with Gasteiger partial charge < -0.3 is 10.6 Å². The molecule has 27 heavy (non-hydrogen) atoms. The van der Waals surface area contributed by atoms with Gasteiger partial charge in [-0.1, -0.05) is 12.1 Å². The largest absolute Gasteiger partial charge is 0.324 e. The van der Waals surface area contributed by atoms with Crippen LogP contribution >= 0.6 is 0 Å². The highest BCUT2D eigenvalue weighted by molar-refractivity contribution is 6.03. The van der Waals surface area contributed by atoms with Gasteiger partial charge in [-0.05, 0) is 49.4 Å². The maximum atomic E-state index is 12.5. The molecule has 0 fully saturated rings. The smallest absolute Gasteiger partial charge is 0.274 e. The van der Waals surface area contributed by atoms with Gasteiger partial charge in [-0.2, -0.15) is 10.5 Å². The Kier molecular flexibility index (Phi) is 5.06. The predicted molar refractivity (Wildman–Crippen MR) is 100 cm³/mol. The molecule has 0 bridgehead atoms. The van der Waals surface area contributed by atoms with Crippen LogP contribution in [0, 0.1) is 29.6 Å². The fraction of sp³-hybridized carbons (Fsp3) is 0.0500. The summed E-state index contributed by atoms with van der Waals surface area (Å²) >= 11 is 0. The van der Waals surface area contributed by atoms with E-state index in [1.807, 2.05) is 12.1 Å². The van der Waals surface area contributed by atoms with Gasteiger partial charge in [0.1, 0.15) is 11.8 Å². The number of aromatic nitrogens is 2. The zero-order chi connectivity index (χ0) is 19.2. The number of hydrogen-bond acceptors (Lipinski definition) is 6. The van der Waals surface area contributed by atoms with Crippen LogP contribution in [0.3, 0.4) is 0 Å². The van der Waals surface area contributed by atoms with Gasteiger partial charge in [-0.15, -0.1) is 0 Å². The Balaban J connectivity index is 1.83. The van der Waals surface area contributed by atoms with E-state index in [-0.39, 0.29) is 11.6 Å². The van der Waals surface area contributed by atoms with E-state index >= 15 is 0 Å². The highest BCUT2D eigenvalue weighted by Gasteiger charge is 2.13. The Morgan fingerprint density at radius 3 is 2.44 bits per heavy atom. The molecule has 0 unspecified atom stereocenters. The molecule has 3 aromatic rings. The first-order chi connectivity index (χ1) is 13.1. The van der Waals surface area contributed by atoms with E-state index in [2.05, 4.69) is 20.6 Å². The number of nitrogens with zero attached hydrogens (tertiary/aromatic N) is 4. The molecular formula is C20H14N6O. The zero-order valence-electron chi connectivity index (χ0n) is 14.4. The lowest BCUT2D eigenvalue weighted by Gasteiger charge is -2.09. The fourth-order valence-corrected chi connectivity index (χ4v) is 2.37. The van der Waals surface area contributed by atoms with Gasteiger partial charge in [0.25, 0.3) is 5.91 Å². The summed E-state index contributed by atoms with van der Waals surface area (Å²) in [5, 5.41) is 23.7. The normalized spacial score (nSPS) is 9.74. The molecule has 3 rings (SSSR count). The number of carbonyl (C=O) groups is 1. The molecular weight excluding hydrogens is 340 g/mol. The summed E-state index contributed by atoms with van der Waals surface area (Å²) in [6, 6.07) is 19.2. The number of nitrogens with one attached hydrogen (secondary N) is 2. The molecule has 0 aliphatic rings. The standard InChI is InChI=1S/C20H14N6O/c1-13-10-18(19(27)25-17-5-3-2-4-15(17)12-22)26-20(23-13)24-16-8-6-14(11-21)7-9-16/h2-10H,1H3,(H,25,27)(H,23,24,26). The highest BCUT2D eigenvalue weighted by atomic mass is 16.1. The minimum atomic E-state index is -0.439. The van der Waals surface area contributed by atoms with Gasteiger partial charge in [0.2, 0.25) is 5.95 Å². The second kappa shape index (κ2) is 7.77. The van der Waals surface area contributed by atoms with Crippen LogP contribution < -0.4 is 10.6 Å². The molecule has 0 saturated carbocycles. The fourth-order valence-electron chi connectivity index (χ4n) is 2.37. The average Bonchev–Trinajstić information content (AvgIpc) is 2.68. The Hall–Kier alpha value is -4.23. The maximum Gasteiger partial charge on any atom is 0.274 e. The summed E-state index contributed by atoms with van der Waals surface area (Å²) in [5.74, 6) is -0.176. The summed E-state index contributed by atoms with van der Waals surface area (Å²) in [7, 11) is 0. The molecule has 0 radical (unpaired) electrons. The number of para-hydroxylation sites is 1. The molecule has 0 spiro atoms. The third-order valence-electron chi connectivity index (χ3n) is 3.65. The number of aryl methyl sites for hydroxylation is 1. The first-order valence-corrected chi connectivity index (χ1v) is 8.02. The van der Waals surface area contributed by atoms with Crippen molar-refractivity contribution < 1.29 is 4.79 Å². The Bertz CT molecular complexity index is 1080. The molecule has 0 aliphatic heterocycles. The molecule has 2 N–H and O–H groups in total. The lowest BCUT2D eigenvalue weighted by molar-refractivity contribution is 0.102. The lowest BCUT2D eigenvalue weighted by Crippen LogP contribution is -2.16. The van der Waals surface area contributed by atoms with Gasteiger partial charge >= 0.3 is 0 Å². The summed E-state index contributed by atoms with van der Waals surface area (Å²) in [4.78, 5) is 21.1. The van der Waals surface area contributed by atoms with Crippen molar-refractivity contribution >= 4 is 23.2 Å². The van der Waals surface area contributed by atoms with Gasteiger partial charge in [-0.25, -0.2) is 9.97 Å². The lowest BCUT2D eigenvalue weighted by atomic mass is 10.2. The van der Waals surface area contributed by atoms with E-state index in [0.717, 1.165) is 0 Å². The van der Waals surface area contributed by atoms with E-state index in [9.17, 15) is 4.79 Å². The number of benzene rings is 2. The van der Waals surface area contributed by atoms with E-state index in [1.54, 1.807) is 61.5 Å². The van der Waals surface area contributed by atoms with Crippen LogP contribution in [0.15, 0.2) is 54.6 Å². The molecule has 1 aromatic heterocycles. The topological polar surface area (TPSA) is 114 Å². The quantitative estimate of drug-likeness (QED) is 0.741. The van der Waals surface area contributed by atoms with E-state index in [0.29, 0.717) is 28.2 Å². The zero-order valence-corrected chi connectivity index (χ0v) is 14.4. The van der Waals surface area contributed by atoms with Crippen LogP contribution in [-0.2, 0) is 0 Å². The number of amides is 1. The second-order valence-electron chi connectivity index (χ2n) is 5.64. The average molecular weight is 354 g/mol. The SMILES string of the molecule is Cc1cc(C(=O)Nc2ccccc2C#N)nc(Nc2ccc(C#N)cc2)n1. The number of nitriles is 2. The number of anilines is 3. The van der Waals surface area contributed by atoms with Crippen LogP contribution in [0.25, 0.3) is 0 Å². The minimum Gasteiger partial charge on any atom is -0.324 e. The molecule has 0 saturated heterocycles. The van der Waals surface area contributed by atoms with Crippen molar-refractivity contribution in [3.8, 4) is 12.1 Å². The molecule has 7 nitrogen and oxygen atoms in total. The van der Waals surface area contributed by atoms with Crippen molar-refractivity contribution in [2.45, 2.75) is 6.92 Å². The van der Waals surface area contributed by atoms with Gasteiger partial charge in [0, 0.05) is 11.4 Å². The first kappa shape index (κ1) is 17.6. The van der Waals surface area contributed by atoms with Gasteiger partial charge in [0.15, 0.2) is 0 Å². The van der Waals surface area contributed by atoms with Crippen LogP contribution in [0.2, 0.25) is 0 Å². The highest BCUT2D eigenvalue weighted by Crippen LogP contribution is 2.17. The molecule has 130 valence electrons. The minimum absolute atomic E-state index is 0.173. The summed E-state index contributed by atoms with van der Waals surface area (Å²) in [6.45, 7) is 1.76. The van der Waals surface area contributed by atoms with Crippen molar-refractivity contribution in [3.05, 3.63) is 77.1 Å². The van der Waals surface area contributed by atoms with Crippen LogP contribution in [0.4, 0.5) is 17.3 Å². The number of hydrogen-bond donors (Lipinski definition) is 2. The number of rotatable bonds is 4. The van der Waals surface area contributed by atoms with E-state index < -0.39 is 5.91 Å². The van der Waals surface area contributed by atoms with Crippen molar-refractivity contribution in [2.24, 2.45) is 0 Å². The molecule has 0 aliphatic carbocycles. The third-order valence-corrected chi connectivity index (χ3v) is 3.65. The number of carbonyl (C=O) groups excluding carboxylic acids is 1. The molecule has 2 aromatic carbocycles. The van der Waals surface area contributed by atoms with E-state index in [1.165, 1.54) is 0 Å². The Labute approximate surface area is 155 Å². The van der Waals surface area contributed by atoms with Crippen molar-refractivity contribution in [1.82, 2.24) is 9.97 Å². The van der Waals surface area contributed by atoms with Crippen LogP contribution in [0.5, 0.6) is 0 Å². The van der Waals surface area contributed by atoms with Gasteiger partial charge in [0.05, 0.1) is 22.9 Å². The Morgan fingerprint density at radius 2 is 1.74 bits per heavy atom. The van der Waals surface area contributed by atoms with E-state index in [4.69, 9.17) is 10.5 Å². The third kappa shape index (κ3) is 4.25. The van der Waals surface area contributed by atoms with Crippen molar-refractivity contribution in [3.63, 3.8) is 0 Å². The van der Waals surface area contributed by atoms with Crippen LogP contribution in [-0.4, -0.2) is 15.9 Å². The second-order valence-corrected chi connectivity index (χ2v) is 5.64. The monoisotopic (exact) mass is 354 g/mol.